The molecular weight excluding hydrogens is 154 g/mol. The predicted molar refractivity (Wildman–Crippen MR) is 49.8 cm³/mol. The Morgan fingerprint density at radius 2 is 2.00 bits per heavy atom. The van der Waals surface area contributed by atoms with Gasteiger partial charge in [-0.25, -0.2) is 4.98 Å². The van der Waals surface area contributed by atoms with Gasteiger partial charge in [0.05, 0.1) is 11.4 Å². The minimum absolute atomic E-state index is 0.332. The van der Waals surface area contributed by atoms with Crippen molar-refractivity contribution in [2.75, 3.05) is 23.3 Å². The molecule has 0 saturated carbocycles. The van der Waals surface area contributed by atoms with E-state index in [0.29, 0.717) is 23.1 Å². The summed E-state index contributed by atoms with van der Waals surface area (Å²) in [6, 6.07) is 0. The van der Waals surface area contributed by atoms with Gasteiger partial charge in [-0.3, -0.25) is 0 Å². The third-order valence-electron chi connectivity index (χ3n) is 1.50. The molecule has 0 fully saturated rings. The van der Waals surface area contributed by atoms with Crippen molar-refractivity contribution < 1.29 is 0 Å². The summed E-state index contributed by atoms with van der Waals surface area (Å²) in [5.41, 5.74) is 12.3. The van der Waals surface area contributed by atoms with Gasteiger partial charge in [-0.15, -0.1) is 0 Å². The van der Waals surface area contributed by atoms with E-state index in [2.05, 4.69) is 15.3 Å². The number of nitrogen functional groups attached to an aromatic ring is 2. The Morgan fingerprint density at radius 3 is 2.50 bits per heavy atom. The number of aryl methyl sites for hydroxylation is 1. The molecule has 66 valence electrons. The fourth-order valence-corrected chi connectivity index (χ4v) is 0.841. The van der Waals surface area contributed by atoms with Crippen LogP contribution in [0.2, 0.25) is 0 Å². The molecule has 1 aromatic rings. The first-order chi connectivity index (χ1) is 5.65. The maximum absolute atomic E-state index is 5.57. The summed E-state index contributed by atoms with van der Waals surface area (Å²) in [4.78, 5) is 8.05. The van der Waals surface area contributed by atoms with Crippen molar-refractivity contribution >= 4 is 17.5 Å². The Kier molecular flexibility index (Phi) is 2.32. The SMILES string of the molecule is CCNc1nc(C)c(N)c(N)n1. The van der Waals surface area contributed by atoms with E-state index in [1.165, 1.54) is 0 Å². The first-order valence-electron chi connectivity index (χ1n) is 3.78. The summed E-state index contributed by atoms with van der Waals surface area (Å²) >= 11 is 0. The lowest BCUT2D eigenvalue weighted by atomic mass is 10.3. The van der Waals surface area contributed by atoms with Gasteiger partial charge < -0.3 is 16.8 Å². The lowest BCUT2D eigenvalue weighted by Crippen LogP contribution is -2.08. The molecule has 0 saturated heterocycles. The van der Waals surface area contributed by atoms with Crippen LogP contribution in [-0.4, -0.2) is 16.5 Å². The van der Waals surface area contributed by atoms with Crippen LogP contribution in [0.15, 0.2) is 0 Å². The molecule has 0 aromatic carbocycles. The van der Waals surface area contributed by atoms with Crippen molar-refractivity contribution in [3.8, 4) is 0 Å². The van der Waals surface area contributed by atoms with Gasteiger partial charge in [0.15, 0.2) is 5.82 Å². The van der Waals surface area contributed by atoms with E-state index in [9.17, 15) is 0 Å². The number of aromatic nitrogens is 2. The number of rotatable bonds is 2. The third-order valence-corrected chi connectivity index (χ3v) is 1.50. The number of nitrogens with two attached hydrogens (primary N) is 2. The summed E-state index contributed by atoms with van der Waals surface area (Å²) in [7, 11) is 0. The molecule has 1 heterocycles. The summed E-state index contributed by atoms with van der Waals surface area (Å²) < 4.78 is 0. The second-order valence-electron chi connectivity index (χ2n) is 2.46. The van der Waals surface area contributed by atoms with Crippen LogP contribution in [0, 0.1) is 6.92 Å². The monoisotopic (exact) mass is 167 g/mol. The number of nitrogens with one attached hydrogen (secondary N) is 1. The van der Waals surface area contributed by atoms with Crippen LogP contribution in [0.3, 0.4) is 0 Å². The molecule has 5 N–H and O–H groups in total. The second kappa shape index (κ2) is 3.25. The molecule has 0 spiro atoms. The largest absolute Gasteiger partial charge is 0.394 e. The molecular formula is C7H13N5. The average molecular weight is 167 g/mol. The average Bonchev–Trinajstić information content (AvgIpc) is 2.01. The lowest BCUT2D eigenvalue weighted by molar-refractivity contribution is 1.06. The Labute approximate surface area is 71.2 Å². The van der Waals surface area contributed by atoms with Gasteiger partial charge in [-0.2, -0.15) is 4.98 Å². The van der Waals surface area contributed by atoms with Crippen LogP contribution in [0.5, 0.6) is 0 Å². The number of anilines is 3. The van der Waals surface area contributed by atoms with Gasteiger partial charge in [-0.05, 0) is 13.8 Å². The Bertz CT molecular complexity index is 260. The number of nitrogens with zero attached hydrogens (tertiary/aromatic N) is 2. The fraction of sp³-hybridized carbons (Fsp3) is 0.429. The smallest absolute Gasteiger partial charge is 0.224 e. The minimum atomic E-state index is 0.332. The highest BCUT2D eigenvalue weighted by atomic mass is 15.1. The molecule has 5 nitrogen and oxygen atoms in total. The van der Waals surface area contributed by atoms with Gasteiger partial charge in [-0.1, -0.05) is 0 Å². The highest BCUT2D eigenvalue weighted by Crippen LogP contribution is 2.16. The fourth-order valence-electron chi connectivity index (χ4n) is 0.841. The standard InChI is InChI=1S/C7H13N5/c1-3-10-7-11-4(2)5(8)6(9)12-7/h3,8H2,1-2H3,(H3,9,10,11,12). The zero-order valence-electron chi connectivity index (χ0n) is 7.26. The van der Waals surface area contributed by atoms with Crippen molar-refractivity contribution in [1.82, 2.24) is 9.97 Å². The van der Waals surface area contributed by atoms with E-state index in [1.807, 2.05) is 6.92 Å². The predicted octanol–water partition coefficient (Wildman–Crippen LogP) is 0.381. The first kappa shape index (κ1) is 8.58. The number of hydrogen-bond donors (Lipinski definition) is 3. The maximum Gasteiger partial charge on any atom is 0.224 e. The number of hydrogen-bond acceptors (Lipinski definition) is 5. The van der Waals surface area contributed by atoms with Crippen LogP contribution >= 0.6 is 0 Å². The van der Waals surface area contributed by atoms with Gasteiger partial charge in [0.2, 0.25) is 5.95 Å². The van der Waals surface area contributed by atoms with Gasteiger partial charge >= 0.3 is 0 Å². The molecule has 0 unspecified atom stereocenters. The van der Waals surface area contributed by atoms with E-state index >= 15 is 0 Å². The molecule has 0 aliphatic rings. The molecule has 0 radical (unpaired) electrons. The van der Waals surface area contributed by atoms with E-state index in [0.717, 1.165) is 6.54 Å². The summed E-state index contributed by atoms with van der Waals surface area (Å²) in [5.74, 6) is 0.861. The van der Waals surface area contributed by atoms with E-state index in [4.69, 9.17) is 11.5 Å². The minimum Gasteiger partial charge on any atom is -0.394 e. The Balaban J connectivity index is 3.04. The van der Waals surface area contributed by atoms with E-state index < -0.39 is 0 Å². The van der Waals surface area contributed by atoms with Gasteiger partial charge in [0, 0.05) is 6.54 Å². The Hall–Kier alpha value is -1.52. The summed E-state index contributed by atoms with van der Waals surface area (Å²) in [6.45, 7) is 4.53. The van der Waals surface area contributed by atoms with Crippen molar-refractivity contribution in [2.24, 2.45) is 0 Å². The van der Waals surface area contributed by atoms with Crippen LogP contribution < -0.4 is 16.8 Å². The van der Waals surface area contributed by atoms with Crippen molar-refractivity contribution in [1.29, 1.82) is 0 Å². The molecule has 1 aromatic heterocycles. The molecule has 12 heavy (non-hydrogen) atoms. The molecule has 0 atom stereocenters. The first-order valence-corrected chi connectivity index (χ1v) is 3.78. The topological polar surface area (TPSA) is 89.8 Å². The van der Waals surface area contributed by atoms with E-state index in [-0.39, 0.29) is 0 Å². The maximum atomic E-state index is 5.57. The highest BCUT2D eigenvalue weighted by Gasteiger charge is 2.03. The highest BCUT2D eigenvalue weighted by molar-refractivity contribution is 5.62. The van der Waals surface area contributed by atoms with Crippen molar-refractivity contribution in [3.63, 3.8) is 0 Å². The van der Waals surface area contributed by atoms with Crippen LogP contribution in [0.1, 0.15) is 12.6 Å². The summed E-state index contributed by atoms with van der Waals surface area (Å²) in [6.07, 6.45) is 0. The molecule has 1 rings (SSSR count). The summed E-state index contributed by atoms with van der Waals surface area (Å²) in [5, 5.41) is 2.96. The molecule has 0 bridgehead atoms. The van der Waals surface area contributed by atoms with Gasteiger partial charge in [0.1, 0.15) is 0 Å². The molecule has 5 heteroatoms. The lowest BCUT2D eigenvalue weighted by Gasteiger charge is -2.06. The molecule has 0 aliphatic carbocycles. The zero-order valence-corrected chi connectivity index (χ0v) is 7.26. The molecule has 0 aliphatic heterocycles. The van der Waals surface area contributed by atoms with Gasteiger partial charge in [0.25, 0.3) is 0 Å². The zero-order chi connectivity index (χ0) is 9.14. The normalized spacial score (nSPS) is 9.83. The quantitative estimate of drug-likeness (QED) is 0.592. The molecule has 0 amide bonds. The van der Waals surface area contributed by atoms with Crippen molar-refractivity contribution in [2.45, 2.75) is 13.8 Å². The third kappa shape index (κ3) is 1.55. The van der Waals surface area contributed by atoms with E-state index in [1.54, 1.807) is 6.92 Å². The second-order valence-corrected chi connectivity index (χ2v) is 2.46. The van der Waals surface area contributed by atoms with Crippen LogP contribution in [0.4, 0.5) is 17.5 Å². The Morgan fingerprint density at radius 1 is 1.33 bits per heavy atom. The van der Waals surface area contributed by atoms with Crippen molar-refractivity contribution in [3.05, 3.63) is 5.69 Å². The van der Waals surface area contributed by atoms with Crippen LogP contribution in [-0.2, 0) is 0 Å². The van der Waals surface area contributed by atoms with Crippen LogP contribution in [0.25, 0.3) is 0 Å².